The molecule has 1 N–H and O–H groups in total. The van der Waals surface area contributed by atoms with Gasteiger partial charge in [-0.15, -0.1) is 0 Å². The smallest absolute Gasteiger partial charge is 0.264 e. The monoisotopic (exact) mass is 611 g/mol. The molecule has 4 rings (SSSR count). The van der Waals surface area contributed by atoms with E-state index in [4.69, 9.17) is 16.3 Å². The van der Waals surface area contributed by atoms with E-state index in [2.05, 4.69) is 5.32 Å². The van der Waals surface area contributed by atoms with Crippen molar-refractivity contribution in [1.82, 2.24) is 10.2 Å². The molecule has 1 aliphatic rings. The van der Waals surface area contributed by atoms with Gasteiger partial charge in [0, 0.05) is 17.6 Å². The van der Waals surface area contributed by atoms with Crippen LogP contribution in [0.2, 0.25) is 5.02 Å². The number of aryl methyl sites for hydroxylation is 1. The Morgan fingerprint density at radius 3 is 2.29 bits per heavy atom. The molecular formula is C32H38ClN3O5S. The number of methoxy groups -OCH3 is 1. The molecule has 0 spiro atoms. The molecule has 1 atom stereocenters. The van der Waals surface area contributed by atoms with Crippen molar-refractivity contribution < 1.29 is 22.7 Å². The van der Waals surface area contributed by atoms with Crippen LogP contribution in [0.1, 0.15) is 50.2 Å². The molecule has 1 saturated carbocycles. The molecule has 3 aromatic rings. The van der Waals surface area contributed by atoms with Crippen molar-refractivity contribution in [3.63, 3.8) is 0 Å². The molecule has 1 fully saturated rings. The first-order chi connectivity index (χ1) is 20.1. The Morgan fingerprint density at radius 1 is 1.00 bits per heavy atom. The number of nitrogens with zero attached hydrogens (tertiary/aromatic N) is 2. The number of halogens is 1. The van der Waals surface area contributed by atoms with Crippen molar-refractivity contribution in [2.24, 2.45) is 0 Å². The lowest BCUT2D eigenvalue weighted by molar-refractivity contribution is -0.139. The maximum Gasteiger partial charge on any atom is 0.264 e. The van der Waals surface area contributed by atoms with Gasteiger partial charge in [0.05, 0.1) is 17.7 Å². The van der Waals surface area contributed by atoms with E-state index in [-0.39, 0.29) is 23.4 Å². The third kappa shape index (κ3) is 7.83. The van der Waals surface area contributed by atoms with E-state index in [1.165, 1.54) is 24.1 Å². The van der Waals surface area contributed by atoms with Gasteiger partial charge in [-0.25, -0.2) is 8.42 Å². The molecule has 2 amide bonds. The van der Waals surface area contributed by atoms with Crippen LogP contribution in [-0.2, 0) is 26.2 Å². The highest BCUT2D eigenvalue weighted by Crippen LogP contribution is 2.27. The van der Waals surface area contributed by atoms with E-state index in [0.717, 1.165) is 47.5 Å². The van der Waals surface area contributed by atoms with Gasteiger partial charge < -0.3 is 15.0 Å². The number of anilines is 1. The van der Waals surface area contributed by atoms with Gasteiger partial charge in [0.2, 0.25) is 11.8 Å². The van der Waals surface area contributed by atoms with Crippen LogP contribution in [0.25, 0.3) is 0 Å². The van der Waals surface area contributed by atoms with Crippen molar-refractivity contribution in [1.29, 1.82) is 0 Å². The maximum atomic E-state index is 14.1. The van der Waals surface area contributed by atoms with E-state index in [1.807, 2.05) is 13.0 Å². The van der Waals surface area contributed by atoms with E-state index >= 15 is 0 Å². The lowest BCUT2D eigenvalue weighted by Gasteiger charge is -2.33. The van der Waals surface area contributed by atoms with Gasteiger partial charge in [-0.1, -0.05) is 60.7 Å². The van der Waals surface area contributed by atoms with Crippen LogP contribution < -0.4 is 14.4 Å². The van der Waals surface area contributed by atoms with Gasteiger partial charge in [-0.05, 0) is 80.8 Å². The molecular weight excluding hydrogens is 574 g/mol. The summed E-state index contributed by atoms with van der Waals surface area (Å²) in [6, 6.07) is 19.2. The Hall–Kier alpha value is -3.56. The average molecular weight is 612 g/mol. The summed E-state index contributed by atoms with van der Waals surface area (Å²) in [4.78, 5) is 29.0. The van der Waals surface area contributed by atoms with Crippen LogP contribution in [0.5, 0.6) is 5.75 Å². The quantitative estimate of drug-likeness (QED) is 0.299. The fraction of sp³-hybridized carbons (Fsp3) is 0.375. The van der Waals surface area contributed by atoms with Crippen molar-refractivity contribution in [3.05, 3.63) is 88.9 Å². The van der Waals surface area contributed by atoms with Crippen LogP contribution in [0.4, 0.5) is 5.69 Å². The lowest BCUT2D eigenvalue weighted by atomic mass is 9.95. The fourth-order valence-corrected chi connectivity index (χ4v) is 6.73. The molecule has 0 heterocycles. The second-order valence-corrected chi connectivity index (χ2v) is 13.0. The highest BCUT2D eigenvalue weighted by Gasteiger charge is 2.33. The summed E-state index contributed by atoms with van der Waals surface area (Å²) in [5.74, 6) is -0.240. The number of hydrogen-bond donors (Lipinski definition) is 1. The number of carbonyl (C=O) groups is 2. The number of nitrogens with one attached hydrogen (secondary N) is 1. The van der Waals surface area contributed by atoms with Crippen LogP contribution in [0.3, 0.4) is 0 Å². The van der Waals surface area contributed by atoms with Gasteiger partial charge in [-0.2, -0.15) is 0 Å². The Balaban J connectivity index is 1.68. The molecule has 0 unspecified atom stereocenters. The van der Waals surface area contributed by atoms with Crippen LogP contribution in [-0.4, -0.2) is 50.9 Å². The van der Waals surface area contributed by atoms with Gasteiger partial charge >= 0.3 is 0 Å². The first-order valence-corrected chi connectivity index (χ1v) is 16.0. The summed E-state index contributed by atoms with van der Waals surface area (Å²) in [5.41, 5.74) is 1.93. The van der Waals surface area contributed by atoms with E-state index in [0.29, 0.717) is 16.5 Å². The lowest BCUT2D eigenvalue weighted by Crippen LogP contribution is -2.53. The highest BCUT2D eigenvalue weighted by molar-refractivity contribution is 7.92. The zero-order valence-electron chi connectivity index (χ0n) is 24.3. The van der Waals surface area contributed by atoms with Gasteiger partial charge in [0.1, 0.15) is 18.3 Å². The molecule has 42 heavy (non-hydrogen) atoms. The number of carbonyl (C=O) groups excluding carboxylic acids is 2. The standard InChI is InChI=1S/C32H38ClN3O5S/c1-23-12-18-30(19-13-23)42(39,40)36(28-14-16-29(41-3)17-15-28)22-31(37)35(21-25-8-7-9-26(33)20-25)24(2)32(38)34-27-10-5-4-6-11-27/h7-9,12-20,24,27H,4-6,10-11,21-22H2,1-3H3,(H,34,38)/t24-/m1/s1. The molecule has 0 saturated heterocycles. The number of hydrogen-bond acceptors (Lipinski definition) is 5. The summed E-state index contributed by atoms with van der Waals surface area (Å²) < 4.78 is 34.2. The molecule has 1 aliphatic carbocycles. The molecule has 224 valence electrons. The number of sulfonamides is 1. The first kappa shape index (κ1) is 31.4. The van der Waals surface area contributed by atoms with E-state index < -0.39 is 28.5 Å². The van der Waals surface area contributed by atoms with Crippen molar-refractivity contribution in [3.8, 4) is 5.75 Å². The van der Waals surface area contributed by atoms with Crippen molar-refractivity contribution in [2.75, 3.05) is 18.0 Å². The minimum Gasteiger partial charge on any atom is -0.497 e. The van der Waals surface area contributed by atoms with E-state index in [9.17, 15) is 18.0 Å². The number of rotatable bonds is 11. The zero-order valence-corrected chi connectivity index (χ0v) is 25.8. The minimum absolute atomic E-state index is 0.0567. The second-order valence-electron chi connectivity index (χ2n) is 10.7. The highest BCUT2D eigenvalue weighted by atomic mass is 35.5. The molecule has 3 aromatic carbocycles. The summed E-state index contributed by atoms with van der Waals surface area (Å²) in [6.07, 6.45) is 5.07. The van der Waals surface area contributed by atoms with Gasteiger partial charge in [0.15, 0.2) is 0 Å². The maximum absolute atomic E-state index is 14.1. The second kappa shape index (κ2) is 14.1. The molecule has 10 heteroatoms. The van der Waals surface area contributed by atoms with Crippen LogP contribution in [0, 0.1) is 6.92 Å². The number of benzene rings is 3. The third-order valence-corrected chi connectivity index (χ3v) is 9.63. The normalized spacial score (nSPS) is 14.6. The molecule has 0 bridgehead atoms. The summed E-state index contributed by atoms with van der Waals surface area (Å²) in [7, 11) is -2.62. The Labute approximate surface area is 253 Å². The van der Waals surface area contributed by atoms with Gasteiger partial charge in [0.25, 0.3) is 10.0 Å². The zero-order chi connectivity index (χ0) is 30.3. The minimum atomic E-state index is -4.14. The summed E-state index contributed by atoms with van der Waals surface area (Å²) in [5, 5.41) is 3.61. The SMILES string of the molecule is COc1ccc(N(CC(=O)N(Cc2cccc(Cl)c2)[C@H](C)C(=O)NC2CCCCC2)S(=O)(=O)c2ccc(C)cc2)cc1. The molecule has 0 radical (unpaired) electrons. The Bertz CT molecular complexity index is 1470. The van der Waals surface area contributed by atoms with Crippen LogP contribution >= 0.6 is 11.6 Å². The third-order valence-electron chi connectivity index (χ3n) is 7.61. The Morgan fingerprint density at radius 2 is 1.67 bits per heavy atom. The van der Waals surface area contributed by atoms with E-state index in [1.54, 1.807) is 61.5 Å². The largest absolute Gasteiger partial charge is 0.497 e. The molecule has 0 aliphatic heterocycles. The molecule has 0 aromatic heterocycles. The predicted octanol–water partition coefficient (Wildman–Crippen LogP) is 5.72. The summed E-state index contributed by atoms with van der Waals surface area (Å²) >= 11 is 6.23. The fourth-order valence-electron chi connectivity index (χ4n) is 5.10. The van der Waals surface area contributed by atoms with Gasteiger partial charge in [-0.3, -0.25) is 13.9 Å². The van der Waals surface area contributed by atoms with Crippen molar-refractivity contribution in [2.45, 2.75) is 69.5 Å². The predicted molar refractivity (Wildman–Crippen MR) is 165 cm³/mol. The topological polar surface area (TPSA) is 96.0 Å². The first-order valence-electron chi connectivity index (χ1n) is 14.2. The number of ether oxygens (including phenoxy) is 1. The molecule has 8 nitrogen and oxygen atoms in total. The van der Waals surface area contributed by atoms with Crippen LogP contribution in [0.15, 0.2) is 77.7 Å². The number of amides is 2. The Kier molecular flexibility index (Phi) is 10.5. The van der Waals surface area contributed by atoms with Crippen molar-refractivity contribution >= 4 is 39.1 Å². The summed E-state index contributed by atoms with van der Waals surface area (Å²) in [6.45, 7) is 3.12. The average Bonchev–Trinajstić information content (AvgIpc) is 2.99.